The zero-order valence-electron chi connectivity index (χ0n) is 15.6. The van der Waals surface area contributed by atoms with Gasteiger partial charge in [-0.3, -0.25) is 9.59 Å². The predicted octanol–water partition coefficient (Wildman–Crippen LogP) is 3.48. The summed E-state index contributed by atoms with van der Waals surface area (Å²) in [7, 11) is 0. The van der Waals surface area contributed by atoms with Crippen LogP contribution in [0.15, 0.2) is 36.0 Å². The lowest BCUT2D eigenvalue weighted by molar-refractivity contribution is -0.146. The maximum Gasteiger partial charge on any atom is 0.303 e. The fourth-order valence-corrected chi connectivity index (χ4v) is 2.26. The highest BCUT2D eigenvalue weighted by atomic mass is 16.5. The van der Waals surface area contributed by atoms with Gasteiger partial charge in [-0.2, -0.15) is 0 Å². The zero-order chi connectivity index (χ0) is 18.9. The molecule has 0 radical (unpaired) electrons. The Morgan fingerprint density at radius 2 is 1.54 bits per heavy atom. The van der Waals surface area contributed by atoms with Crippen molar-refractivity contribution in [2.24, 2.45) is 0 Å². The Morgan fingerprint density at radius 3 is 1.96 bits per heavy atom. The SMILES string of the molecule is C=C[C@](C)(O)C[C@@H](/C=C(\C)C[C@@H](C=C(C)C)OC(C)=O)OC(C)=O. The molecular formula is C19H30O5. The number of ether oxygens (including phenoxy) is 2. The number of hydrogen-bond donors (Lipinski definition) is 1. The van der Waals surface area contributed by atoms with E-state index in [1.165, 1.54) is 19.9 Å². The summed E-state index contributed by atoms with van der Waals surface area (Å²) >= 11 is 0. The number of allylic oxidation sites excluding steroid dienone is 1. The maximum absolute atomic E-state index is 11.3. The molecule has 136 valence electrons. The number of hydrogen-bond acceptors (Lipinski definition) is 5. The number of carbonyl (C=O) groups excluding carboxylic acids is 2. The summed E-state index contributed by atoms with van der Waals surface area (Å²) in [6, 6.07) is 0. The molecule has 0 heterocycles. The van der Waals surface area contributed by atoms with Gasteiger partial charge in [-0.1, -0.05) is 17.2 Å². The van der Waals surface area contributed by atoms with Crippen molar-refractivity contribution in [2.45, 2.75) is 72.2 Å². The molecule has 5 nitrogen and oxygen atoms in total. The minimum absolute atomic E-state index is 0.203. The number of aliphatic hydroxyl groups is 1. The van der Waals surface area contributed by atoms with E-state index in [2.05, 4.69) is 6.58 Å². The van der Waals surface area contributed by atoms with E-state index in [-0.39, 0.29) is 18.5 Å². The van der Waals surface area contributed by atoms with Crippen LogP contribution < -0.4 is 0 Å². The second-order valence-corrected chi connectivity index (χ2v) is 6.52. The van der Waals surface area contributed by atoms with Gasteiger partial charge in [0.2, 0.25) is 0 Å². The van der Waals surface area contributed by atoms with Gasteiger partial charge in [0.15, 0.2) is 0 Å². The van der Waals surface area contributed by atoms with Crippen molar-refractivity contribution in [3.63, 3.8) is 0 Å². The van der Waals surface area contributed by atoms with Gasteiger partial charge in [0, 0.05) is 26.7 Å². The second kappa shape index (κ2) is 10.1. The van der Waals surface area contributed by atoms with Crippen molar-refractivity contribution in [3.05, 3.63) is 36.0 Å². The van der Waals surface area contributed by atoms with Gasteiger partial charge >= 0.3 is 11.9 Å². The van der Waals surface area contributed by atoms with E-state index in [0.29, 0.717) is 6.42 Å². The van der Waals surface area contributed by atoms with Crippen LogP contribution in [-0.2, 0) is 19.1 Å². The molecule has 0 saturated carbocycles. The van der Waals surface area contributed by atoms with E-state index in [4.69, 9.17) is 9.47 Å². The molecular weight excluding hydrogens is 308 g/mol. The van der Waals surface area contributed by atoms with Crippen LogP contribution in [0.3, 0.4) is 0 Å². The Morgan fingerprint density at radius 1 is 1.04 bits per heavy atom. The Balaban J connectivity index is 5.21. The first kappa shape index (κ1) is 22.1. The molecule has 0 aliphatic heterocycles. The summed E-state index contributed by atoms with van der Waals surface area (Å²) in [4.78, 5) is 22.5. The molecule has 0 aromatic heterocycles. The lowest BCUT2D eigenvalue weighted by atomic mass is 9.96. The lowest BCUT2D eigenvalue weighted by Crippen LogP contribution is -2.29. The number of esters is 2. The summed E-state index contributed by atoms with van der Waals surface area (Å²) in [6.45, 7) is 13.6. The summed E-state index contributed by atoms with van der Waals surface area (Å²) in [5, 5.41) is 10.1. The van der Waals surface area contributed by atoms with Gasteiger partial charge in [-0.05, 0) is 39.8 Å². The third-order valence-electron chi connectivity index (χ3n) is 3.20. The Bertz CT molecular complexity index is 510. The fourth-order valence-electron chi connectivity index (χ4n) is 2.26. The van der Waals surface area contributed by atoms with Gasteiger partial charge in [0.05, 0.1) is 5.60 Å². The van der Waals surface area contributed by atoms with Gasteiger partial charge in [-0.15, -0.1) is 6.58 Å². The van der Waals surface area contributed by atoms with E-state index >= 15 is 0 Å². The average molecular weight is 338 g/mol. The third kappa shape index (κ3) is 10.8. The topological polar surface area (TPSA) is 72.8 Å². The van der Waals surface area contributed by atoms with Crippen molar-refractivity contribution < 1.29 is 24.2 Å². The first-order chi connectivity index (χ1) is 10.9. The predicted molar refractivity (Wildman–Crippen MR) is 94.4 cm³/mol. The largest absolute Gasteiger partial charge is 0.458 e. The van der Waals surface area contributed by atoms with E-state index in [1.807, 2.05) is 26.8 Å². The summed E-state index contributed by atoms with van der Waals surface area (Å²) in [6.07, 6.45) is 4.79. The molecule has 0 amide bonds. The van der Waals surface area contributed by atoms with Crippen molar-refractivity contribution in [1.82, 2.24) is 0 Å². The van der Waals surface area contributed by atoms with Crippen molar-refractivity contribution >= 4 is 11.9 Å². The Kier molecular flexibility index (Phi) is 9.29. The van der Waals surface area contributed by atoms with Crippen LogP contribution >= 0.6 is 0 Å². The minimum Gasteiger partial charge on any atom is -0.458 e. The molecule has 0 aliphatic carbocycles. The summed E-state index contributed by atoms with van der Waals surface area (Å²) in [5.41, 5.74) is 0.788. The van der Waals surface area contributed by atoms with Crippen LogP contribution in [0.1, 0.15) is 54.4 Å². The van der Waals surface area contributed by atoms with E-state index < -0.39 is 17.7 Å². The standard InChI is InChI=1S/C19H30O5/c1-8-19(7,22)12-18(24-16(6)21)11-14(4)10-17(9-13(2)3)23-15(5)20/h8-9,11,17-18,22H,1,10,12H2,2-7H3/b14-11+/t17-,18-,19+/m1/s1. The van der Waals surface area contributed by atoms with Gasteiger partial charge in [0.25, 0.3) is 0 Å². The van der Waals surface area contributed by atoms with Crippen LogP contribution in [0.4, 0.5) is 0 Å². The van der Waals surface area contributed by atoms with E-state index in [9.17, 15) is 14.7 Å². The van der Waals surface area contributed by atoms with Crippen LogP contribution in [-0.4, -0.2) is 34.9 Å². The van der Waals surface area contributed by atoms with Crippen molar-refractivity contribution in [2.75, 3.05) is 0 Å². The molecule has 0 aromatic carbocycles. The quantitative estimate of drug-likeness (QED) is 0.515. The normalized spacial score (nSPS) is 16.4. The molecule has 0 unspecified atom stereocenters. The molecule has 0 aliphatic rings. The summed E-state index contributed by atoms with van der Waals surface area (Å²) in [5.74, 6) is -0.777. The highest BCUT2D eigenvalue weighted by Gasteiger charge is 2.23. The van der Waals surface area contributed by atoms with Crippen LogP contribution in [0.25, 0.3) is 0 Å². The molecule has 0 spiro atoms. The van der Waals surface area contributed by atoms with Gasteiger partial charge in [0.1, 0.15) is 12.2 Å². The number of rotatable bonds is 9. The molecule has 0 rings (SSSR count). The first-order valence-electron chi connectivity index (χ1n) is 7.98. The first-order valence-corrected chi connectivity index (χ1v) is 7.98. The Labute approximate surface area is 145 Å². The summed E-state index contributed by atoms with van der Waals surface area (Å²) < 4.78 is 10.5. The lowest BCUT2D eigenvalue weighted by Gasteiger charge is -2.24. The molecule has 3 atom stereocenters. The highest BCUT2D eigenvalue weighted by molar-refractivity contribution is 5.66. The Hall–Kier alpha value is -1.88. The second-order valence-electron chi connectivity index (χ2n) is 6.52. The third-order valence-corrected chi connectivity index (χ3v) is 3.20. The monoisotopic (exact) mass is 338 g/mol. The number of carbonyl (C=O) groups is 2. The van der Waals surface area contributed by atoms with Crippen LogP contribution in [0.5, 0.6) is 0 Å². The zero-order valence-corrected chi connectivity index (χ0v) is 15.6. The van der Waals surface area contributed by atoms with Gasteiger partial charge in [-0.25, -0.2) is 0 Å². The van der Waals surface area contributed by atoms with Crippen LogP contribution in [0.2, 0.25) is 0 Å². The molecule has 24 heavy (non-hydrogen) atoms. The molecule has 0 aromatic rings. The highest BCUT2D eigenvalue weighted by Crippen LogP contribution is 2.20. The fraction of sp³-hybridized carbons (Fsp3) is 0.579. The molecule has 5 heteroatoms. The smallest absolute Gasteiger partial charge is 0.303 e. The maximum atomic E-state index is 11.3. The van der Waals surface area contributed by atoms with E-state index in [1.54, 1.807) is 13.0 Å². The van der Waals surface area contributed by atoms with Crippen LogP contribution in [0, 0.1) is 0 Å². The van der Waals surface area contributed by atoms with Crippen molar-refractivity contribution in [1.29, 1.82) is 0 Å². The molecule has 0 fully saturated rings. The van der Waals surface area contributed by atoms with Crippen molar-refractivity contribution in [3.8, 4) is 0 Å². The molecule has 0 saturated heterocycles. The molecule has 1 N–H and O–H groups in total. The van der Waals surface area contributed by atoms with E-state index in [0.717, 1.165) is 11.1 Å². The average Bonchev–Trinajstić information content (AvgIpc) is 2.35. The van der Waals surface area contributed by atoms with Gasteiger partial charge < -0.3 is 14.6 Å². The molecule has 0 bridgehead atoms. The minimum atomic E-state index is -1.15.